The van der Waals surface area contributed by atoms with Crippen LogP contribution in [0.2, 0.25) is 0 Å². The molecule has 0 saturated carbocycles. The summed E-state index contributed by atoms with van der Waals surface area (Å²) in [5.74, 6) is -1.43. The number of alkyl carbamates (subject to hydrolysis) is 1. The highest BCUT2D eigenvalue weighted by molar-refractivity contribution is 5.84. The number of ether oxygens (including phenoxy) is 2. The fourth-order valence-electron chi connectivity index (χ4n) is 5.64. The standard InChI is InChI=1S/C27H30N2O6/c30-25(29-12-5-10-24(29)26(31)32)14-17-15-34-13-11-23(17)28-27(33)35-16-22-20-8-3-1-6-18(20)19-7-2-4-9-21(19)22/h1-4,6-9,17,22-24H,5,10-16H2,(H,28,33)(H,31,32)/t17?,23?,24-/m1/s1. The number of amides is 2. The molecule has 3 atom stereocenters. The van der Waals surface area contributed by atoms with Gasteiger partial charge in [0.1, 0.15) is 12.6 Å². The highest BCUT2D eigenvalue weighted by atomic mass is 16.5. The molecule has 0 spiro atoms. The van der Waals surface area contributed by atoms with Gasteiger partial charge in [0.25, 0.3) is 0 Å². The average Bonchev–Trinajstić information content (AvgIpc) is 3.48. The molecule has 5 rings (SSSR count). The van der Waals surface area contributed by atoms with E-state index in [2.05, 4.69) is 29.6 Å². The Morgan fingerprint density at radius 3 is 2.40 bits per heavy atom. The summed E-state index contributed by atoms with van der Waals surface area (Å²) in [6.07, 6.45) is 1.36. The first-order chi connectivity index (χ1) is 17.0. The zero-order valence-corrected chi connectivity index (χ0v) is 19.5. The Bertz CT molecular complexity index is 1070. The normalized spacial score (nSPS) is 23.4. The third kappa shape index (κ3) is 4.75. The summed E-state index contributed by atoms with van der Waals surface area (Å²) >= 11 is 0. The van der Waals surface area contributed by atoms with E-state index in [4.69, 9.17) is 9.47 Å². The lowest BCUT2D eigenvalue weighted by Crippen LogP contribution is -2.48. The number of carbonyl (C=O) groups is 3. The van der Waals surface area contributed by atoms with Crippen molar-refractivity contribution in [2.45, 2.75) is 43.7 Å². The van der Waals surface area contributed by atoms with Gasteiger partial charge in [0.05, 0.1) is 6.61 Å². The van der Waals surface area contributed by atoms with Crippen molar-refractivity contribution in [1.82, 2.24) is 10.2 Å². The van der Waals surface area contributed by atoms with Gasteiger partial charge in [-0.25, -0.2) is 9.59 Å². The molecule has 35 heavy (non-hydrogen) atoms. The van der Waals surface area contributed by atoms with Crippen LogP contribution in [0.25, 0.3) is 11.1 Å². The van der Waals surface area contributed by atoms with Gasteiger partial charge < -0.3 is 24.8 Å². The summed E-state index contributed by atoms with van der Waals surface area (Å²) < 4.78 is 11.3. The Labute approximate surface area is 204 Å². The molecule has 2 aromatic rings. The summed E-state index contributed by atoms with van der Waals surface area (Å²) in [6, 6.07) is 15.3. The fraction of sp³-hybridized carbons (Fsp3) is 0.444. The minimum Gasteiger partial charge on any atom is -0.480 e. The Kier molecular flexibility index (Phi) is 6.72. The number of nitrogens with zero attached hydrogens (tertiary/aromatic N) is 1. The van der Waals surface area contributed by atoms with Gasteiger partial charge in [0, 0.05) is 37.5 Å². The van der Waals surface area contributed by atoms with Crippen molar-refractivity contribution in [1.29, 1.82) is 0 Å². The zero-order chi connectivity index (χ0) is 24.4. The molecule has 0 aromatic heterocycles. The smallest absolute Gasteiger partial charge is 0.407 e. The van der Waals surface area contributed by atoms with Crippen molar-refractivity contribution in [2.75, 3.05) is 26.4 Å². The third-order valence-electron chi connectivity index (χ3n) is 7.42. The molecule has 2 aliphatic heterocycles. The lowest BCUT2D eigenvalue weighted by Gasteiger charge is -2.33. The molecule has 2 fully saturated rings. The molecule has 2 amide bonds. The molecule has 8 nitrogen and oxygen atoms in total. The van der Waals surface area contributed by atoms with Crippen molar-refractivity contribution < 1.29 is 29.0 Å². The van der Waals surface area contributed by atoms with Crippen molar-refractivity contribution in [3.63, 3.8) is 0 Å². The fourth-order valence-corrected chi connectivity index (χ4v) is 5.64. The van der Waals surface area contributed by atoms with E-state index in [0.717, 1.165) is 11.1 Å². The number of nitrogens with one attached hydrogen (secondary N) is 1. The highest BCUT2D eigenvalue weighted by Crippen LogP contribution is 2.44. The van der Waals surface area contributed by atoms with E-state index >= 15 is 0 Å². The van der Waals surface area contributed by atoms with Crippen molar-refractivity contribution in [2.24, 2.45) is 5.92 Å². The van der Waals surface area contributed by atoms with Gasteiger partial charge in [-0.2, -0.15) is 0 Å². The van der Waals surface area contributed by atoms with E-state index < -0.39 is 18.1 Å². The van der Waals surface area contributed by atoms with Gasteiger partial charge >= 0.3 is 12.1 Å². The number of rotatable bonds is 6. The molecule has 0 bridgehead atoms. The number of carboxylic acids is 1. The summed E-state index contributed by atoms with van der Waals surface area (Å²) in [4.78, 5) is 38.5. The Morgan fingerprint density at radius 2 is 1.71 bits per heavy atom. The van der Waals surface area contributed by atoms with Gasteiger partial charge in [-0.1, -0.05) is 48.5 Å². The largest absolute Gasteiger partial charge is 0.480 e. The number of hydrogen-bond donors (Lipinski definition) is 2. The second-order valence-corrected chi connectivity index (χ2v) is 9.49. The second kappa shape index (κ2) is 10.1. The van der Waals surface area contributed by atoms with E-state index in [-0.39, 0.29) is 36.8 Å². The molecule has 184 valence electrons. The first-order valence-electron chi connectivity index (χ1n) is 12.2. The maximum Gasteiger partial charge on any atom is 0.407 e. The van der Waals surface area contributed by atoms with E-state index in [1.54, 1.807) is 0 Å². The minimum atomic E-state index is -0.968. The molecule has 3 aliphatic rings. The van der Waals surface area contributed by atoms with Gasteiger partial charge in [-0.3, -0.25) is 4.79 Å². The van der Waals surface area contributed by atoms with Crippen LogP contribution in [0.4, 0.5) is 4.79 Å². The Morgan fingerprint density at radius 1 is 1.03 bits per heavy atom. The maximum atomic E-state index is 12.9. The summed E-state index contributed by atoms with van der Waals surface area (Å²) in [6.45, 7) is 1.50. The minimum absolute atomic E-state index is 0.0247. The van der Waals surface area contributed by atoms with Crippen molar-refractivity contribution >= 4 is 18.0 Å². The first-order valence-corrected chi connectivity index (χ1v) is 12.2. The number of benzene rings is 2. The molecule has 1 aliphatic carbocycles. The van der Waals surface area contributed by atoms with Crippen LogP contribution in [0.5, 0.6) is 0 Å². The lowest BCUT2D eigenvalue weighted by molar-refractivity contribution is -0.149. The molecular formula is C27H30N2O6. The number of hydrogen-bond acceptors (Lipinski definition) is 5. The van der Waals surface area contributed by atoms with E-state index in [9.17, 15) is 19.5 Å². The van der Waals surface area contributed by atoms with Crippen molar-refractivity contribution in [3.05, 3.63) is 59.7 Å². The Balaban J connectivity index is 1.20. The zero-order valence-electron chi connectivity index (χ0n) is 19.5. The quantitative estimate of drug-likeness (QED) is 0.659. The molecule has 2 unspecified atom stereocenters. The Hall–Kier alpha value is -3.39. The van der Waals surface area contributed by atoms with Gasteiger partial charge in [0.2, 0.25) is 5.91 Å². The van der Waals surface area contributed by atoms with Gasteiger partial charge in [-0.15, -0.1) is 0 Å². The second-order valence-electron chi connectivity index (χ2n) is 9.49. The number of fused-ring (bicyclic) bond motifs is 3. The first kappa shape index (κ1) is 23.4. The van der Waals surface area contributed by atoms with E-state index in [0.29, 0.717) is 39.0 Å². The molecule has 2 N–H and O–H groups in total. The lowest BCUT2D eigenvalue weighted by atomic mass is 9.92. The monoisotopic (exact) mass is 478 g/mol. The van der Waals surface area contributed by atoms with Crippen LogP contribution in [-0.4, -0.2) is 66.4 Å². The van der Waals surface area contributed by atoms with Crippen LogP contribution in [0.1, 0.15) is 42.7 Å². The van der Waals surface area contributed by atoms with Gasteiger partial charge in [0.15, 0.2) is 0 Å². The average molecular weight is 479 g/mol. The summed E-state index contributed by atoms with van der Waals surface area (Å²) in [7, 11) is 0. The number of carbonyl (C=O) groups excluding carboxylic acids is 2. The predicted octanol–water partition coefficient (Wildman–Crippen LogP) is 3.40. The molecule has 2 saturated heterocycles. The SMILES string of the molecule is O=C(NC1CCOCC1CC(=O)N1CCC[C@@H]1C(=O)O)OCC1c2ccccc2-c2ccccc21. The summed E-state index contributed by atoms with van der Waals surface area (Å²) in [5, 5.41) is 12.3. The topological polar surface area (TPSA) is 105 Å². The third-order valence-corrected chi connectivity index (χ3v) is 7.42. The van der Waals surface area contributed by atoms with Crippen LogP contribution >= 0.6 is 0 Å². The molecule has 2 heterocycles. The highest BCUT2D eigenvalue weighted by Gasteiger charge is 2.37. The predicted molar refractivity (Wildman–Crippen MR) is 128 cm³/mol. The van der Waals surface area contributed by atoms with Crippen LogP contribution in [0, 0.1) is 5.92 Å². The van der Waals surface area contributed by atoms with Crippen LogP contribution < -0.4 is 5.32 Å². The van der Waals surface area contributed by atoms with E-state index in [1.807, 2.05) is 24.3 Å². The molecule has 8 heteroatoms. The number of aliphatic carboxylic acids is 1. The summed E-state index contributed by atoms with van der Waals surface area (Å²) in [5.41, 5.74) is 4.63. The van der Waals surface area contributed by atoms with Crippen molar-refractivity contribution in [3.8, 4) is 11.1 Å². The van der Waals surface area contributed by atoms with Crippen LogP contribution in [0.3, 0.4) is 0 Å². The van der Waals surface area contributed by atoms with E-state index in [1.165, 1.54) is 16.0 Å². The van der Waals surface area contributed by atoms with Gasteiger partial charge in [-0.05, 0) is 41.5 Å². The molecule has 0 radical (unpaired) electrons. The maximum absolute atomic E-state index is 12.9. The molecular weight excluding hydrogens is 448 g/mol. The number of carboxylic acid groups (broad SMARTS) is 1. The van der Waals surface area contributed by atoms with Crippen LogP contribution in [-0.2, 0) is 19.1 Å². The number of likely N-dealkylation sites (tertiary alicyclic amines) is 1. The van der Waals surface area contributed by atoms with Crippen LogP contribution in [0.15, 0.2) is 48.5 Å². The molecule has 2 aromatic carbocycles.